The summed E-state index contributed by atoms with van der Waals surface area (Å²) in [5, 5.41) is 5.71. The van der Waals surface area contributed by atoms with E-state index in [1.165, 1.54) is 60.5 Å². The summed E-state index contributed by atoms with van der Waals surface area (Å²) in [5.74, 6) is 2.25. The lowest BCUT2D eigenvalue weighted by Crippen LogP contribution is -2.08. The molecule has 0 bridgehead atoms. The van der Waals surface area contributed by atoms with E-state index in [-0.39, 0.29) is 0 Å². The van der Waals surface area contributed by atoms with Gasteiger partial charge in [-0.15, -0.1) is 0 Å². The highest BCUT2D eigenvalue weighted by atomic mass is 14.3. The number of hydrogen-bond acceptors (Lipinski definition) is 0. The molecule has 0 aromatic heterocycles. The summed E-state index contributed by atoms with van der Waals surface area (Å²) >= 11 is 0. The van der Waals surface area contributed by atoms with Crippen LogP contribution < -0.4 is 0 Å². The Balaban J connectivity index is 2.09. The number of rotatable bonds is 7. The Labute approximate surface area is 248 Å². The van der Waals surface area contributed by atoms with Gasteiger partial charge in [0.2, 0.25) is 0 Å². The normalized spacial score (nSPS) is 12.3. The Morgan fingerprint density at radius 1 is 0.415 bits per heavy atom. The van der Waals surface area contributed by atoms with Gasteiger partial charge >= 0.3 is 0 Å². The fourth-order valence-electron chi connectivity index (χ4n) is 6.89. The first-order valence-corrected chi connectivity index (χ1v) is 15.8. The zero-order valence-corrected chi connectivity index (χ0v) is 26.9. The van der Waals surface area contributed by atoms with Gasteiger partial charge in [0.25, 0.3) is 0 Å². The van der Waals surface area contributed by atoms with Crippen molar-refractivity contribution >= 4 is 21.5 Å². The molecular weight excluding hydrogens is 492 g/mol. The van der Waals surface area contributed by atoms with Gasteiger partial charge in [0.05, 0.1) is 0 Å². The van der Waals surface area contributed by atoms with Gasteiger partial charge < -0.3 is 0 Å². The van der Waals surface area contributed by atoms with E-state index in [0.29, 0.717) is 29.6 Å². The van der Waals surface area contributed by atoms with Gasteiger partial charge in [-0.2, -0.15) is 0 Å². The summed E-state index contributed by atoms with van der Waals surface area (Å²) in [4.78, 5) is 0. The molecule has 0 unspecified atom stereocenters. The molecule has 0 fully saturated rings. The van der Waals surface area contributed by atoms with Gasteiger partial charge in [0, 0.05) is 0 Å². The molecule has 5 aromatic rings. The smallest absolute Gasteiger partial charge is 0.00585 e. The van der Waals surface area contributed by atoms with E-state index in [1.807, 2.05) is 0 Å². The fourth-order valence-corrected chi connectivity index (χ4v) is 6.89. The molecule has 0 radical (unpaired) electrons. The lowest BCUT2D eigenvalue weighted by Gasteiger charge is -2.28. The zero-order valence-electron chi connectivity index (χ0n) is 26.9. The first kappa shape index (κ1) is 29.1. The minimum absolute atomic E-state index is 0.418. The summed E-state index contributed by atoms with van der Waals surface area (Å²) < 4.78 is 0. The van der Waals surface area contributed by atoms with Crippen molar-refractivity contribution in [3.05, 3.63) is 107 Å². The molecule has 0 aliphatic heterocycles. The van der Waals surface area contributed by atoms with E-state index >= 15 is 0 Å². The molecule has 0 amide bonds. The van der Waals surface area contributed by atoms with Crippen LogP contribution in [0, 0.1) is 0 Å². The van der Waals surface area contributed by atoms with Crippen LogP contribution in [0.1, 0.15) is 127 Å². The Morgan fingerprint density at radius 2 is 1.00 bits per heavy atom. The summed E-state index contributed by atoms with van der Waals surface area (Å²) in [6.07, 6.45) is 0. The van der Waals surface area contributed by atoms with Crippen molar-refractivity contribution in [2.45, 2.75) is 98.8 Å². The summed E-state index contributed by atoms with van der Waals surface area (Å²) in [7, 11) is 0. The molecular formula is C41H48. The molecule has 0 atom stereocenters. The molecule has 0 heterocycles. The molecule has 212 valence electrons. The van der Waals surface area contributed by atoms with Gasteiger partial charge in [-0.25, -0.2) is 0 Å². The maximum absolute atomic E-state index is 2.57. The quantitative estimate of drug-likeness (QED) is 0.180. The van der Waals surface area contributed by atoms with Crippen LogP contribution in [0.15, 0.2) is 78.9 Å². The minimum Gasteiger partial charge on any atom is -0.0622 e. The predicted molar refractivity (Wildman–Crippen MR) is 183 cm³/mol. The van der Waals surface area contributed by atoms with E-state index in [4.69, 9.17) is 0 Å². The summed E-state index contributed by atoms with van der Waals surface area (Å²) in [6, 6.07) is 30.0. The van der Waals surface area contributed by atoms with E-state index in [1.54, 1.807) is 11.1 Å². The SMILES string of the molecule is CC(C)c1cc(C(C)C)c2c(c1)cc(-c1ccccc1-c1ccccc1)c1cc(C(C)C)c(C(C)C)c(C(C)C)c12. The average molecular weight is 541 g/mol. The van der Waals surface area contributed by atoms with Crippen LogP contribution in [-0.2, 0) is 0 Å². The van der Waals surface area contributed by atoms with Crippen LogP contribution in [0.3, 0.4) is 0 Å². The Morgan fingerprint density at radius 3 is 1.56 bits per heavy atom. The minimum atomic E-state index is 0.418. The highest BCUT2D eigenvalue weighted by molar-refractivity contribution is 6.18. The van der Waals surface area contributed by atoms with Crippen molar-refractivity contribution in [1.29, 1.82) is 0 Å². The molecule has 0 aliphatic carbocycles. The summed E-state index contributed by atoms with van der Waals surface area (Å²) in [5.41, 5.74) is 12.7. The molecule has 0 nitrogen and oxygen atoms in total. The Kier molecular flexibility index (Phi) is 8.15. The second kappa shape index (κ2) is 11.5. The molecule has 0 saturated carbocycles. The average Bonchev–Trinajstić information content (AvgIpc) is 2.95. The third-order valence-electron chi connectivity index (χ3n) is 8.87. The lowest BCUT2D eigenvalue weighted by molar-refractivity contribution is 0.755. The van der Waals surface area contributed by atoms with Crippen LogP contribution in [-0.4, -0.2) is 0 Å². The standard InChI is InChI=1S/C41H48/c1-24(2)30-20-31-22-36(33-19-15-14-18-32(33)29-16-12-11-13-17-29)37-23-35(26(5)6)38(27(7)8)39(28(9)10)41(37)40(31)34(21-30)25(3)4/h11-28H,1-10H3. The van der Waals surface area contributed by atoms with Gasteiger partial charge in [-0.3, -0.25) is 0 Å². The second-order valence-electron chi connectivity index (χ2n) is 13.5. The van der Waals surface area contributed by atoms with Crippen molar-refractivity contribution < 1.29 is 0 Å². The molecule has 0 aliphatic rings. The topological polar surface area (TPSA) is 0 Å². The van der Waals surface area contributed by atoms with Crippen LogP contribution in [0.5, 0.6) is 0 Å². The highest BCUT2D eigenvalue weighted by Gasteiger charge is 2.25. The molecule has 5 aromatic carbocycles. The number of fused-ring (bicyclic) bond motifs is 3. The van der Waals surface area contributed by atoms with E-state index in [2.05, 4.69) is 148 Å². The third kappa shape index (κ3) is 5.23. The third-order valence-corrected chi connectivity index (χ3v) is 8.87. The molecule has 0 spiro atoms. The van der Waals surface area contributed by atoms with Crippen molar-refractivity contribution in [2.75, 3.05) is 0 Å². The van der Waals surface area contributed by atoms with E-state index in [9.17, 15) is 0 Å². The molecule has 0 heteroatoms. The second-order valence-corrected chi connectivity index (χ2v) is 13.5. The molecule has 5 rings (SSSR count). The van der Waals surface area contributed by atoms with Crippen molar-refractivity contribution in [2.24, 2.45) is 0 Å². The number of benzene rings is 5. The summed E-state index contributed by atoms with van der Waals surface area (Å²) in [6.45, 7) is 23.7. The maximum atomic E-state index is 2.57. The molecule has 0 saturated heterocycles. The Hall–Kier alpha value is -3.38. The fraction of sp³-hybridized carbons (Fsp3) is 0.366. The van der Waals surface area contributed by atoms with Crippen LogP contribution in [0.4, 0.5) is 0 Å². The van der Waals surface area contributed by atoms with E-state index < -0.39 is 0 Å². The highest BCUT2D eigenvalue weighted by Crippen LogP contribution is 2.48. The van der Waals surface area contributed by atoms with Crippen LogP contribution >= 0.6 is 0 Å². The van der Waals surface area contributed by atoms with Gasteiger partial charge in [0.1, 0.15) is 0 Å². The van der Waals surface area contributed by atoms with Gasteiger partial charge in [0.15, 0.2) is 0 Å². The molecule has 41 heavy (non-hydrogen) atoms. The zero-order chi connectivity index (χ0) is 29.6. The first-order chi connectivity index (χ1) is 19.5. The van der Waals surface area contributed by atoms with E-state index in [0.717, 1.165) is 0 Å². The van der Waals surface area contributed by atoms with Crippen molar-refractivity contribution in [3.8, 4) is 22.3 Å². The van der Waals surface area contributed by atoms with Gasteiger partial charge in [-0.05, 0) is 113 Å². The first-order valence-electron chi connectivity index (χ1n) is 15.8. The monoisotopic (exact) mass is 540 g/mol. The van der Waals surface area contributed by atoms with Crippen molar-refractivity contribution in [3.63, 3.8) is 0 Å². The van der Waals surface area contributed by atoms with Crippen LogP contribution in [0.2, 0.25) is 0 Å². The lowest BCUT2D eigenvalue weighted by atomic mass is 9.76. The predicted octanol–water partition coefficient (Wildman–Crippen LogP) is 12.9. The van der Waals surface area contributed by atoms with Gasteiger partial charge in [-0.1, -0.05) is 136 Å². The largest absolute Gasteiger partial charge is 0.0622 e. The van der Waals surface area contributed by atoms with Crippen LogP contribution in [0.25, 0.3) is 43.8 Å². The van der Waals surface area contributed by atoms with Crippen molar-refractivity contribution in [1.82, 2.24) is 0 Å². The Bertz CT molecular complexity index is 1690. The number of hydrogen-bond donors (Lipinski definition) is 0. The maximum Gasteiger partial charge on any atom is -0.00585 e. The molecule has 0 N–H and O–H groups in total.